The Balaban J connectivity index is 1.88. The summed E-state index contributed by atoms with van der Waals surface area (Å²) in [7, 11) is 0. The molecule has 0 bridgehead atoms. The maximum Gasteiger partial charge on any atom is 0.331 e. The molecule has 2 N–H and O–H groups in total. The average Bonchev–Trinajstić information content (AvgIpc) is 2.94. The molecule has 0 unspecified atom stereocenters. The standard InChI is InChI=1S/C17H19N3O5/c1-10(2)18-17(23)20-16(22)11(3)24-15(21)9-8-14-19-12-6-4-5-7-13(12)25-14/h4-11H,1-3H3,(H2,18,20,22,23)/b9-8+/t11-/m0/s1. The molecule has 0 saturated heterocycles. The quantitative estimate of drug-likeness (QED) is 0.633. The van der Waals surface area contributed by atoms with Gasteiger partial charge >= 0.3 is 12.0 Å². The summed E-state index contributed by atoms with van der Waals surface area (Å²) in [4.78, 5) is 39.1. The van der Waals surface area contributed by atoms with E-state index in [4.69, 9.17) is 9.15 Å². The Labute approximate surface area is 144 Å². The van der Waals surface area contributed by atoms with Crippen LogP contribution in [0.5, 0.6) is 0 Å². The second-order valence-electron chi connectivity index (χ2n) is 5.55. The van der Waals surface area contributed by atoms with E-state index in [-0.39, 0.29) is 11.9 Å². The van der Waals surface area contributed by atoms with Crippen LogP contribution in [0.3, 0.4) is 0 Å². The highest BCUT2D eigenvalue weighted by molar-refractivity contribution is 5.98. The van der Waals surface area contributed by atoms with Gasteiger partial charge in [-0.25, -0.2) is 14.6 Å². The van der Waals surface area contributed by atoms with Crippen LogP contribution in [-0.2, 0) is 14.3 Å². The molecule has 1 aromatic heterocycles. The second kappa shape index (κ2) is 8.09. The Morgan fingerprint density at radius 1 is 1.20 bits per heavy atom. The van der Waals surface area contributed by atoms with Crippen LogP contribution in [0.2, 0.25) is 0 Å². The summed E-state index contributed by atoms with van der Waals surface area (Å²) in [5.41, 5.74) is 1.26. The molecular formula is C17H19N3O5. The monoisotopic (exact) mass is 345 g/mol. The zero-order chi connectivity index (χ0) is 18.4. The van der Waals surface area contributed by atoms with Crippen molar-refractivity contribution in [2.75, 3.05) is 0 Å². The Bertz CT molecular complexity index is 776. The minimum Gasteiger partial charge on any atom is -0.449 e. The summed E-state index contributed by atoms with van der Waals surface area (Å²) in [5.74, 6) is -1.23. The highest BCUT2D eigenvalue weighted by Crippen LogP contribution is 2.15. The maximum atomic E-state index is 11.8. The molecule has 0 fully saturated rings. The van der Waals surface area contributed by atoms with Gasteiger partial charge in [-0.1, -0.05) is 12.1 Å². The molecule has 0 radical (unpaired) electrons. The molecule has 0 saturated carbocycles. The molecule has 8 heteroatoms. The lowest BCUT2D eigenvalue weighted by Gasteiger charge is -2.13. The van der Waals surface area contributed by atoms with Gasteiger partial charge in [0.05, 0.1) is 0 Å². The van der Waals surface area contributed by atoms with E-state index in [1.807, 2.05) is 12.1 Å². The van der Waals surface area contributed by atoms with E-state index in [1.165, 1.54) is 13.0 Å². The lowest BCUT2D eigenvalue weighted by atomic mass is 10.3. The van der Waals surface area contributed by atoms with Crippen molar-refractivity contribution >= 4 is 35.1 Å². The van der Waals surface area contributed by atoms with E-state index >= 15 is 0 Å². The number of para-hydroxylation sites is 2. The van der Waals surface area contributed by atoms with Crippen molar-refractivity contribution in [3.8, 4) is 0 Å². The van der Waals surface area contributed by atoms with Crippen molar-refractivity contribution in [3.63, 3.8) is 0 Å². The number of carbonyl (C=O) groups is 3. The molecule has 1 aromatic carbocycles. The third-order valence-electron chi connectivity index (χ3n) is 2.99. The van der Waals surface area contributed by atoms with E-state index in [0.29, 0.717) is 11.1 Å². The first-order chi connectivity index (χ1) is 11.8. The molecule has 1 atom stereocenters. The first-order valence-electron chi connectivity index (χ1n) is 7.71. The number of aromatic nitrogens is 1. The summed E-state index contributed by atoms with van der Waals surface area (Å²) >= 11 is 0. The first-order valence-corrected chi connectivity index (χ1v) is 7.71. The zero-order valence-corrected chi connectivity index (χ0v) is 14.1. The number of esters is 1. The number of urea groups is 1. The third-order valence-corrected chi connectivity index (χ3v) is 2.99. The predicted octanol–water partition coefficient (Wildman–Crippen LogP) is 2.01. The summed E-state index contributed by atoms with van der Waals surface area (Å²) in [6.45, 7) is 4.87. The Morgan fingerprint density at radius 3 is 2.60 bits per heavy atom. The van der Waals surface area contributed by atoms with Gasteiger partial charge in [-0.05, 0) is 32.9 Å². The molecule has 132 valence electrons. The number of nitrogens with one attached hydrogen (secondary N) is 2. The molecule has 0 spiro atoms. The first kappa shape index (κ1) is 18.2. The van der Waals surface area contributed by atoms with Crippen molar-refractivity contribution < 1.29 is 23.5 Å². The fraction of sp³-hybridized carbons (Fsp3) is 0.294. The number of hydrogen-bond donors (Lipinski definition) is 2. The molecule has 0 aliphatic rings. The molecule has 0 aliphatic carbocycles. The van der Waals surface area contributed by atoms with Gasteiger partial charge in [0.2, 0.25) is 5.89 Å². The number of carbonyl (C=O) groups excluding carboxylic acids is 3. The van der Waals surface area contributed by atoms with Crippen LogP contribution >= 0.6 is 0 Å². The molecule has 0 aliphatic heterocycles. The zero-order valence-electron chi connectivity index (χ0n) is 14.1. The van der Waals surface area contributed by atoms with Crippen LogP contribution in [0.4, 0.5) is 4.79 Å². The Kier molecular flexibility index (Phi) is 5.89. The number of imide groups is 1. The van der Waals surface area contributed by atoms with Crippen LogP contribution in [-0.4, -0.2) is 35.0 Å². The van der Waals surface area contributed by atoms with Crippen LogP contribution in [0, 0.1) is 0 Å². The van der Waals surface area contributed by atoms with Gasteiger partial charge in [0, 0.05) is 18.2 Å². The molecule has 1 heterocycles. The number of nitrogens with zero attached hydrogens (tertiary/aromatic N) is 1. The van der Waals surface area contributed by atoms with E-state index in [9.17, 15) is 14.4 Å². The number of rotatable bonds is 5. The number of amides is 3. The SMILES string of the molecule is CC(C)NC(=O)NC(=O)[C@H](C)OC(=O)/C=C/c1nc2ccccc2o1. The number of ether oxygens (including phenoxy) is 1. The molecule has 3 amide bonds. The van der Waals surface area contributed by atoms with Gasteiger partial charge < -0.3 is 14.5 Å². The maximum absolute atomic E-state index is 11.8. The minimum absolute atomic E-state index is 0.120. The van der Waals surface area contributed by atoms with Crippen molar-refractivity contribution in [1.82, 2.24) is 15.6 Å². The fourth-order valence-electron chi connectivity index (χ4n) is 1.88. The van der Waals surface area contributed by atoms with Crippen LogP contribution in [0.15, 0.2) is 34.8 Å². The molecule has 2 rings (SSSR count). The number of benzene rings is 1. The van der Waals surface area contributed by atoms with Gasteiger partial charge in [-0.2, -0.15) is 0 Å². The second-order valence-corrected chi connectivity index (χ2v) is 5.55. The summed E-state index contributed by atoms with van der Waals surface area (Å²) in [6.07, 6.45) is 1.32. The van der Waals surface area contributed by atoms with Crippen molar-refractivity contribution in [3.05, 3.63) is 36.2 Å². The fourth-order valence-corrected chi connectivity index (χ4v) is 1.88. The molecule has 25 heavy (non-hydrogen) atoms. The van der Waals surface area contributed by atoms with Crippen LogP contribution in [0.25, 0.3) is 17.2 Å². The lowest BCUT2D eigenvalue weighted by molar-refractivity contribution is -0.149. The number of oxazole rings is 1. The van der Waals surface area contributed by atoms with Crippen LogP contribution < -0.4 is 10.6 Å². The van der Waals surface area contributed by atoms with Crippen molar-refractivity contribution in [2.45, 2.75) is 32.9 Å². The summed E-state index contributed by atoms with van der Waals surface area (Å²) in [5, 5.41) is 4.58. The van der Waals surface area contributed by atoms with Gasteiger partial charge in [-0.15, -0.1) is 0 Å². The highest BCUT2D eigenvalue weighted by atomic mass is 16.5. The van der Waals surface area contributed by atoms with Gasteiger partial charge in [0.1, 0.15) is 5.52 Å². The van der Waals surface area contributed by atoms with Gasteiger partial charge in [0.15, 0.2) is 11.7 Å². The Hall–Kier alpha value is -3.16. The van der Waals surface area contributed by atoms with E-state index < -0.39 is 24.0 Å². The largest absolute Gasteiger partial charge is 0.449 e. The van der Waals surface area contributed by atoms with Gasteiger partial charge in [0.25, 0.3) is 5.91 Å². The van der Waals surface area contributed by atoms with E-state index in [1.54, 1.807) is 26.0 Å². The third kappa shape index (κ3) is 5.45. The normalized spacial score (nSPS) is 12.3. The highest BCUT2D eigenvalue weighted by Gasteiger charge is 2.19. The minimum atomic E-state index is -1.13. The number of fused-ring (bicyclic) bond motifs is 1. The topological polar surface area (TPSA) is 111 Å². The van der Waals surface area contributed by atoms with E-state index in [2.05, 4.69) is 15.6 Å². The van der Waals surface area contributed by atoms with E-state index in [0.717, 1.165) is 6.08 Å². The van der Waals surface area contributed by atoms with Crippen LogP contribution in [0.1, 0.15) is 26.7 Å². The molecule has 2 aromatic rings. The smallest absolute Gasteiger partial charge is 0.331 e. The average molecular weight is 345 g/mol. The number of hydrogen-bond acceptors (Lipinski definition) is 6. The van der Waals surface area contributed by atoms with Gasteiger partial charge in [-0.3, -0.25) is 10.1 Å². The van der Waals surface area contributed by atoms with Crippen molar-refractivity contribution in [2.24, 2.45) is 0 Å². The predicted molar refractivity (Wildman–Crippen MR) is 90.4 cm³/mol. The summed E-state index contributed by atoms with van der Waals surface area (Å²) in [6, 6.07) is 6.40. The Morgan fingerprint density at radius 2 is 1.92 bits per heavy atom. The molecular weight excluding hydrogens is 326 g/mol. The molecule has 8 nitrogen and oxygen atoms in total. The summed E-state index contributed by atoms with van der Waals surface area (Å²) < 4.78 is 10.3. The van der Waals surface area contributed by atoms with Crippen molar-refractivity contribution in [1.29, 1.82) is 0 Å². The lowest BCUT2D eigenvalue weighted by Crippen LogP contribution is -2.46.